The molecule has 1 aliphatic carbocycles. The molecule has 0 radical (unpaired) electrons. The fourth-order valence-electron chi connectivity index (χ4n) is 3.02. The number of aliphatic carboxylic acids is 1. The van der Waals surface area contributed by atoms with Gasteiger partial charge in [-0.25, -0.2) is 0 Å². The van der Waals surface area contributed by atoms with Crippen molar-refractivity contribution in [2.75, 3.05) is 11.5 Å². The van der Waals surface area contributed by atoms with Crippen molar-refractivity contribution in [1.29, 1.82) is 0 Å². The van der Waals surface area contributed by atoms with Crippen molar-refractivity contribution in [3.8, 4) is 0 Å². The van der Waals surface area contributed by atoms with Crippen molar-refractivity contribution in [1.82, 2.24) is 0 Å². The van der Waals surface area contributed by atoms with Crippen LogP contribution in [-0.2, 0) is 4.79 Å². The SMILES string of the molecule is CC1CCC(O)(C2(C(=O)O)CCSC2)CC1. The summed E-state index contributed by atoms with van der Waals surface area (Å²) < 4.78 is 0. The first-order chi connectivity index (χ1) is 7.50. The molecule has 2 rings (SSSR count). The highest BCUT2D eigenvalue weighted by atomic mass is 32.2. The number of hydrogen-bond donors (Lipinski definition) is 2. The third kappa shape index (κ3) is 1.76. The quantitative estimate of drug-likeness (QED) is 0.781. The average Bonchev–Trinajstić information content (AvgIpc) is 2.73. The molecule has 0 aromatic carbocycles. The number of thioether (sulfide) groups is 1. The van der Waals surface area contributed by atoms with Gasteiger partial charge in [-0.2, -0.15) is 11.8 Å². The summed E-state index contributed by atoms with van der Waals surface area (Å²) in [5.74, 6) is 1.27. The topological polar surface area (TPSA) is 57.5 Å². The van der Waals surface area contributed by atoms with E-state index in [-0.39, 0.29) is 0 Å². The molecule has 16 heavy (non-hydrogen) atoms. The van der Waals surface area contributed by atoms with Crippen LogP contribution in [0.2, 0.25) is 0 Å². The second-order valence-corrected chi connectivity index (χ2v) is 6.51. The van der Waals surface area contributed by atoms with Gasteiger partial charge in [-0.1, -0.05) is 6.92 Å². The maximum atomic E-state index is 11.5. The molecule has 0 amide bonds. The van der Waals surface area contributed by atoms with E-state index in [1.54, 1.807) is 11.8 Å². The predicted molar refractivity (Wildman–Crippen MR) is 64.6 cm³/mol. The molecule has 2 N–H and O–H groups in total. The van der Waals surface area contributed by atoms with Crippen LogP contribution in [0.25, 0.3) is 0 Å². The number of aliphatic hydroxyl groups is 1. The first kappa shape index (κ1) is 12.2. The predicted octanol–water partition coefficient (Wildman–Crippen LogP) is 2.14. The normalized spacial score (nSPS) is 44.5. The van der Waals surface area contributed by atoms with Gasteiger partial charge in [0, 0.05) is 5.75 Å². The molecule has 0 bridgehead atoms. The van der Waals surface area contributed by atoms with E-state index in [1.807, 2.05) is 0 Å². The van der Waals surface area contributed by atoms with Crippen LogP contribution in [0.1, 0.15) is 39.0 Å². The third-order valence-corrected chi connectivity index (χ3v) is 5.61. The Bertz CT molecular complexity index is 276. The van der Waals surface area contributed by atoms with E-state index in [4.69, 9.17) is 0 Å². The van der Waals surface area contributed by atoms with Gasteiger partial charge in [0.05, 0.1) is 5.60 Å². The van der Waals surface area contributed by atoms with E-state index in [9.17, 15) is 15.0 Å². The van der Waals surface area contributed by atoms with Gasteiger partial charge in [0.15, 0.2) is 0 Å². The molecule has 1 atom stereocenters. The summed E-state index contributed by atoms with van der Waals surface area (Å²) in [6, 6.07) is 0. The Hall–Kier alpha value is -0.220. The fraction of sp³-hybridized carbons (Fsp3) is 0.917. The molecule has 1 unspecified atom stereocenters. The van der Waals surface area contributed by atoms with Crippen LogP contribution in [0.4, 0.5) is 0 Å². The molecule has 4 heteroatoms. The highest BCUT2D eigenvalue weighted by Gasteiger charge is 2.57. The minimum Gasteiger partial charge on any atom is -0.481 e. The summed E-state index contributed by atoms with van der Waals surface area (Å²) in [5, 5.41) is 20.2. The van der Waals surface area contributed by atoms with E-state index in [2.05, 4.69) is 6.92 Å². The van der Waals surface area contributed by atoms with Crippen LogP contribution in [0, 0.1) is 11.3 Å². The second-order valence-electron chi connectivity index (χ2n) is 5.40. The Kier molecular flexibility index (Phi) is 3.23. The van der Waals surface area contributed by atoms with Gasteiger partial charge in [0.25, 0.3) is 0 Å². The molecule has 0 aromatic rings. The Balaban J connectivity index is 2.22. The van der Waals surface area contributed by atoms with Crippen LogP contribution < -0.4 is 0 Å². The van der Waals surface area contributed by atoms with E-state index in [0.29, 0.717) is 30.9 Å². The number of hydrogen-bond acceptors (Lipinski definition) is 3. The molecule has 3 nitrogen and oxygen atoms in total. The first-order valence-corrected chi connectivity index (χ1v) is 7.19. The van der Waals surface area contributed by atoms with Crippen molar-refractivity contribution in [3.05, 3.63) is 0 Å². The first-order valence-electron chi connectivity index (χ1n) is 6.04. The lowest BCUT2D eigenvalue weighted by molar-refractivity contribution is -0.171. The zero-order chi connectivity index (χ0) is 11.8. The minimum atomic E-state index is -0.963. The van der Waals surface area contributed by atoms with Crippen LogP contribution in [-0.4, -0.2) is 33.3 Å². The van der Waals surface area contributed by atoms with Gasteiger partial charge in [-0.05, 0) is 43.8 Å². The van der Waals surface area contributed by atoms with E-state index >= 15 is 0 Å². The lowest BCUT2D eigenvalue weighted by atomic mass is 9.63. The number of rotatable bonds is 2. The zero-order valence-electron chi connectivity index (χ0n) is 9.74. The molecular formula is C12H20O3S. The van der Waals surface area contributed by atoms with Gasteiger partial charge in [0.1, 0.15) is 5.41 Å². The van der Waals surface area contributed by atoms with Crippen LogP contribution >= 0.6 is 11.8 Å². The molecule has 1 saturated carbocycles. The lowest BCUT2D eigenvalue weighted by Crippen LogP contribution is -2.55. The number of carbonyl (C=O) groups is 1. The maximum Gasteiger partial charge on any atom is 0.313 e. The summed E-state index contributed by atoms with van der Waals surface area (Å²) in [4.78, 5) is 11.5. The lowest BCUT2D eigenvalue weighted by Gasteiger charge is -2.45. The Morgan fingerprint density at radius 2 is 1.94 bits per heavy atom. The molecule has 0 spiro atoms. The smallest absolute Gasteiger partial charge is 0.313 e. The Morgan fingerprint density at radius 1 is 1.31 bits per heavy atom. The molecule has 92 valence electrons. The van der Waals surface area contributed by atoms with Crippen molar-refractivity contribution in [2.45, 2.75) is 44.6 Å². The second kappa shape index (κ2) is 4.22. The Labute approximate surface area is 101 Å². The van der Waals surface area contributed by atoms with Gasteiger partial charge in [-0.3, -0.25) is 4.79 Å². The monoisotopic (exact) mass is 244 g/mol. The molecule has 2 fully saturated rings. The standard InChI is InChI=1S/C12H20O3S/c1-9-2-4-12(15,5-3-9)11(10(13)14)6-7-16-8-11/h9,15H,2-8H2,1H3,(H,13,14). The fourth-order valence-corrected chi connectivity index (χ4v) is 4.54. The molecule has 0 aromatic heterocycles. The molecular weight excluding hydrogens is 224 g/mol. The van der Waals surface area contributed by atoms with Crippen molar-refractivity contribution >= 4 is 17.7 Å². The van der Waals surface area contributed by atoms with E-state index in [1.165, 1.54) is 0 Å². The zero-order valence-corrected chi connectivity index (χ0v) is 10.6. The summed E-state index contributed by atoms with van der Waals surface area (Å²) in [5.41, 5.74) is -1.84. The number of carboxylic acids is 1. The highest BCUT2D eigenvalue weighted by molar-refractivity contribution is 7.99. The summed E-state index contributed by atoms with van der Waals surface area (Å²) in [6.07, 6.45) is 3.84. The minimum absolute atomic E-state index is 0.577. The van der Waals surface area contributed by atoms with Gasteiger partial charge < -0.3 is 10.2 Å². The molecule has 1 saturated heterocycles. The molecule has 1 aliphatic heterocycles. The molecule has 1 heterocycles. The summed E-state index contributed by atoms with van der Waals surface area (Å²) in [6.45, 7) is 2.18. The van der Waals surface area contributed by atoms with Crippen LogP contribution in [0.15, 0.2) is 0 Å². The van der Waals surface area contributed by atoms with E-state index < -0.39 is 17.0 Å². The number of carboxylic acid groups (broad SMARTS) is 1. The maximum absolute atomic E-state index is 11.5. The largest absolute Gasteiger partial charge is 0.481 e. The van der Waals surface area contributed by atoms with Gasteiger partial charge in [-0.15, -0.1) is 0 Å². The van der Waals surface area contributed by atoms with E-state index in [0.717, 1.165) is 18.6 Å². The van der Waals surface area contributed by atoms with Gasteiger partial charge >= 0.3 is 5.97 Å². The summed E-state index contributed by atoms with van der Waals surface area (Å²) in [7, 11) is 0. The third-order valence-electron chi connectivity index (χ3n) is 4.42. The van der Waals surface area contributed by atoms with Crippen molar-refractivity contribution in [2.24, 2.45) is 11.3 Å². The van der Waals surface area contributed by atoms with Crippen LogP contribution in [0.5, 0.6) is 0 Å². The molecule has 2 aliphatic rings. The Morgan fingerprint density at radius 3 is 2.38 bits per heavy atom. The average molecular weight is 244 g/mol. The summed E-state index contributed by atoms with van der Waals surface area (Å²) >= 11 is 1.66. The van der Waals surface area contributed by atoms with Crippen LogP contribution in [0.3, 0.4) is 0 Å². The van der Waals surface area contributed by atoms with Crippen molar-refractivity contribution < 1.29 is 15.0 Å². The highest BCUT2D eigenvalue weighted by Crippen LogP contribution is 2.51. The van der Waals surface area contributed by atoms with Crippen molar-refractivity contribution in [3.63, 3.8) is 0 Å². The van der Waals surface area contributed by atoms with Gasteiger partial charge in [0.2, 0.25) is 0 Å².